The van der Waals surface area contributed by atoms with E-state index in [-0.39, 0.29) is 31.1 Å². The minimum atomic E-state index is -0.761. The minimum absolute atomic E-state index is 0.0631. The predicted octanol–water partition coefficient (Wildman–Crippen LogP) is 22.1. The summed E-state index contributed by atoms with van der Waals surface area (Å²) in [6.07, 6.45) is 72.8. The van der Waals surface area contributed by atoms with E-state index in [1.807, 2.05) is 0 Å². The van der Waals surface area contributed by atoms with Gasteiger partial charge in [0.2, 0.25) is 0 Å². The van der Waals surface area contributed by atoms with E-state index in [1.165, 1.54) is 276 Å². The molecule has 0 fully saturated rings. The monoisotopic (exact) mass is 1010 g/mol. The molecule has 0 spiro atoms. The Morgan fingerprint density at radius 2 is 0.458 bits per heavy atom. The lowest BCUT2D eigenvalue weighted by molar-refractivity contribution is -0.167. The topological polar surface area (TPSA) is 78.9 Å². The fourth-order valence-electron chi connectivity index (χ4n) is 10.1. The van der Waals surface area contributed by atoms with E-state index in [0.717, 1.165) is 57.8 Å². The zero-order valence-corrected chi connectivity index (χ0v) is 49.0. The van der Waals surface area contributed by atoms with Gasteiger partial charge >= 0.3 is 17.9 Å². The third kappa shape index (κ3) is 59.0. The molecule has 1 atom stereocenters. The number of allylic oxidation sites excluding steroid dienone is 2. The highest BCUT2D eigenvalue weighted by Crippen LogP contribution is 2.18. The standard InChI is InChI=1S/C66H126O6/c1-4-7-10-13-16-19-21-22-23-24-25-26-27-28-29-30-31-32-33-34-35-36-37-38-39-40-41-42-43-44-46-47-50-53-56-59-65(68)71-62-63(61-70-64(67)58-55-52-49-18-15-12-9-6-3)72-66(69)60-57-54-51-48-45-20-17-14-11-8-5-2/h24-25,63H,4-23,26-62H2,1-3H3/b25-24-. The van der Waals surface area contributed by atoms with Gasteiger partial charge in [-0.1, -0.05) is 322 Å². The molecule has 426 valence electrons. The summed E-state index contributed by atoms with van der Waals surface area (Å²) >= 11 is 0. The molecule has 0 rings (SSSR count). The van der Waals surface area contributed by atoms with Crippen molar-refractivity contribution in [3.8, 4) is 0 Å². The van der Waals surface area contributed by atoms with Gasteiger partial charge in [0, 0.05) is 19.3 Å². The molecular formula is C66H126O6. The van der Waals surface area contributed by atoms with Crippen LogP contribution >= 0.6 is 0 Å². The third-order valence-corrected chi connectivity index (χ3v) is 15.0. The lowest BCUT2D eigenvalue weighted by Gasteiger charge is -2.18. The Bertz CT molecular complexity index is 1120. The quantitative estimate of drug-likeness (QED) is 0.0261. The molecule has 1 unspecified atom stereocenters. The van der Waals surface area contributed by atoms with Gasteiger partial charge in [0.1, 0.15) is 13.2 Å². The molecule has 0 aliphatic carbocycles. The number of esters is 3. The van der Waals surface area contributed by atoms with E-state index in [4.69, 9.17) is 14.2 Å². The first kappa shape index (κ1) is 70.1. The van der Waals surface area contributed by atoms with Crippen LogP contribution in [0.3, 0.4) is 0 Å². The van der Waals surface area contributed by atoms with E-state index < -0.39 is 6.10 Å². The maximum atomic E-state index is 12.8. The molecule has 0 radical (unpaired) electrons. The molecule has 0 aliphatic rings. The van der Waals surface area contributed by atoms with Crippen LogP contribution in [0.25, 0.3) is 0 Å². The molecule has 6 nitrogen and oxygen atoms in total. The van der Waals surface area contributed by atoms with Gasteiger partial charge in [-0.15, -0.1) is 0 Å². The highest BCUT2D eigenvalue weighted by molar-refractivity contribution is 5.71. The van der Waals surface area contributed by atoms with Crippen molar-refractivity contribution in [2.75, 3.05) is 13.2 Å². The summed E-state index contributed by atoms with van der Waals surface area (Å²) in [6, 6.07) is 0. The minimum Gasteiger partial charge on any atom is -0.462 e. The highest BCUT2D eigenvalue weighted by Gasteiger charge is 2.19. The van der Waals surface area contributed by atoms with Gasteiger partial charge in [-0.05, 0) is 44.9 Å². The van der Waals surface area contributed by atoms with Crippen molar-refractivity contribution in [2.45, 2.75) is 380 Å². The fraction of sp³-hybridized carbons (Fsp3) is 0.924. The van der Waals surface area contributed by atoms with Crippen molar-refractivity contribution in [1.29, 1.82) is 0 Å². The van der Waals surface area contributed by atoms with E-state index in [0.29, 0.717) is 19.3 Å². The van der Waals surface area contributed by atoms with E-state index in [1.54, 1.807) is 0 Å². The van der Waals surface area contributed by atoms with Crippen molar-refractivity contribution in [3.05, 3.63) is 12.2 Å². The second-order valence-electron chi connectivity index (χ2n) is 22.4. The number of ether oxygens (including phenoxy) is 3. The number of carbonyl (C=O) groups excluding carboxylic acids is 3. The summed E-state index contributed by atoms with van der Waals surface area (Å²) in [6.45, 7) is 6.66. The molecule has 0 amide bonds. The molecule has 0 aromatic rings. The van der Waals surface area contributed by atoms with Crippen molar-refractivity contribution in [3.63, 3.8) is 0 Å². The van der Waals surface area contributed by atoms with Crippen LogP contribution in [0.2, 0.25) is 0 Å². The van der Waals surface area contributed by atoms with E-state index in [2.05, 4.69) is 32.9 Å². The molecule has 0 saturated heterocycles. The van der Waals surface area contributed by atoms with Gasteiger partial charge in [0.05, 0.1) is 0 Å². The smallest absolute Gasteiger partial charge is 0.306 e. The second kappa shape index (κ2) is 61.7. The number of hydrogen-bond donors (Lipinski definition) is 0. The lowest BCUT2D eigenvalue weighted by atomic mass is 10.0. The fourth-order valence-corrected chi connectivity index (χ4v) is 10.1. The van der Waals surface area contributed by atoms with E-state index in [9.17, 15) is 14.4 Å². The van der Waals surface area contributed by atoms with Gasteiger partial charge in [0.25, 0.3) is 0 Å². The largest absolute Gasteiger partial charge is 0.462 e. The Kier molecular flexibility index (Phi) is 60.1. The first-order valence-electron chi connectivity index (χ1n) is 32.7. The Balaban J connectivity index is 3.85. The van der Waals surface area contributed by atoms with Crippen molar-refractivity contribution in [1.82, 2.24) is 0 Å². The van der Waals surface area contributed by atoms with Gasteiger partial charge in [-0.25, -0.2) is 0 Å². The van der Waals surface area contributed by atoms with Crippen LogP contribution in [0.4, 0.5) is 0 Å². The molecule has 0 bridgehead atoms. The van der Waals surface area contributed by atoms with Crippen LogP contribution in [0, 0.1) is 0 Å². The van der Waals surface area contributed by atoms with E-state index >= 15 is 0 Å². The van der Waals surface area contributed by atoms with Crippen LogP contribution in [-0.4, -0.2) is 37.2 Å². The first-order valence-corrected chi connectivity index (χ1v) is 32.7. The maximum absolute atomic E-state index is 12.8. The van der Waals surface area contributed by atoms with Gasteiger partial charge in [0.15, 0.2) is 6.10 Å². The molecule has 6 heteroatoms. The van der Waals surface area contributed by atoms with Crippen LogP contribution < -0.4 is 0 Å². The molecule has 0 aliphatic heterocycles. The Hall–Kier alpha value is -1.85. The summed E-state index contributed by atoms with van der Waals surface area (Å²) in [5.41, 5.74) is 0. The summed E-state index contributed by atoms with van der Waals surface area (Å²) in [5.74, 6) is -0.845. The molecule has 72 heavy (non-hydrogen) atoms. The van der Waals surface area contributed by atoms with Crippen LogP contribution in [0.15, 0.2) is 12.2 Å². The molecule has 0 heterocycles. The maximum Gasteiger partial charge on any atom is 0.306 e. The highest BCUT2D eigenvalue weighted by atomic mass is 16.6. The van der Waals surface area contributed by atoms with Crippen LogP contribution in [0.5, 0.6) is 0 Å². The zero-order chi connectivity index (χ0) is 52.2. The Morgan fingerprint density at radius 3 is 0.694 bits per heavy atom. The van der Waals surface area contributed by atoms with Crippen molar-refractivity contribution >= 4 is 17.9 Å². The average Bonchev–Trinajstić information content (AvgIpc) is 3.38. The SMILES string of the molecule is CCCCCCCCCC/C=C\CCCCCCCCCCCCCCCCCCCCCCCCCC(=O)OCC(COC(=O)CCCCCCCCCC)OC(=O)CCCCCCCCCCCCC. The Labute approximate surface area is 450 Å². The number of carbonyl (C=O) groups is 3. The summed E-state index contributed by atoms with van der Waals surface area (Å²) < 4.78 is 16.8. The second-order valence-corrected chi connectivity index (χ2v) is 22.4. The molecule has 0 saturated carbocycles. The van der Waals surface area contributed by atoms with Crippen molar-refractivity contribution < 1.29 is 28.6 Å². The number of rotatable bonds is 61. The normalized spacial score (nSPS) is 12.0. The first-order chi connectivity index (χ1) is 35.5. The van der Waals surface area contributed by atoms with Gasteiger partial charge in [-0.3, -0.25) is 14.4 Å². The summed E-state index contributed by atoms with van der Waals surface area (Å²) in [7, 11) is 0. The van der Waals surface area contributed by atoms with Crippen LogP contribution in [0.1, 0.15) is 374 Å². The molecule has 0 aromatic heterocycles. The molecule has 0 aromatic carbocycles. The molecule has 0 N–H and O–H groups in total. The lowest BCUT2D eigenvalue weighted by Crippen LogP contribution is -2.30. The number of hydrogen-bond acceptors (Lipinski definition) is 6. The summed E-state index contributed by atoms with van der Waals surface area (Å²) in [4.78, 5) is 37.9. The number of unbranched alkanes of at least 4 members (excludes halogenated alkanes) is 48. The average molecular weight is 1020 g/mol. The predicted molar refractivity (Wildman–Crippen MR) is 312 cm³/mol. The van der Waals surface area contributed by atoms with Gasteiger partial charge in [-0.2, -0.15) is 0 Å². The molecular weight excluding hydrogens is 889 g/mol. The van der Waals surface area contributed by atoms with Crippen LogP contribution in [-0.2, 0) is 28.6 Å². The zero-order valence-electron chi connectivity index (χ0n) is 49.0. The van der Waals surface area contributed by atoms with Gasteiger partial charge < -0.3 is 14.2 Å². The van der Waals surface area contributed by atoms with Crippen molar-refractivity contribution in [2.24, 2.45) is 0 Å². The summed E-state index contributed by atoms with van der Waals surface area (Å²) in [5, 5.41) is 0. The Morgan fingerprint density at radius 1 is 0.264 bits per heavy atom. The third-order valence-electron chi connectivity index (χ3n) is 15.0.